The quantitative estimate of drug-likeness (QED) is 0.479. The van der Waals surface area contributed by atoms with Gasteiger partial charge >= 0.3 is 0 Å². The van der Waals surface area contributed by atoms with Crippen molar-refractivity contribution in [3.63, 3.8) is 0 Å². The number of primary amides is 1. The van der Waals surface area contributed by atoms with Crippen LogP contribution in [0.2, 0.25) is 0 Å². The number of pyridine rings is 1. The van der Waals surface area contributed by atoms with Crippen LogP contribution in [0.4, 0.5) is 5.69 Å². The number of carbonyl (C=O) groups is 2. The van der Waals surface area contributed by atoms with Gasteiger partial charge in [0.2, 0.25) is 5.60 Å². The van der Waals surface area contributed by atoms with Crippen LogP contribution < -0.4 is 11.1 Å². The van der Waals surface area contributed by atoms with E-state index in [1.807, 2.05) is 30.3 Å². The van der Waals surface area contributed by atoms with Crippen molar-refractivity contribution in [2.75, 3.05) is 38.7 Å². The van der Waals surface area contributed by atoms with Gasteiger partial charge < -0.3 is 30.3 Å². The third kappa shape index (κ3) is 3.91. The van der Waals surface area contributed by atoms with Crippen LogP contribution in [0, 0.1) is 5.92 Å². The Hall–Kier alpha value is -3.76. The molecule has 34 heavy (non-hydrogen) atoms. The molecule has 0 radical (unpaired) electrons. The van der Waals surface area contributed by atoms with Gasteiger partial charge in [0.25, 0.3) is 11.8 Å². The minimum atomic E-state index is -1.70. The lowest BCUT2D eigenvalue weighted by atomic mass is 9.97. The summed E-state index contributed by atoms with van der Waals surface area (Å²) in [6.07, 6.45) is 0.241. The summed E-state index contributed by atoms with van der Waals surface area (Å²) < 4.78 is 10.5. The first-order valence-corrected chi connectivity index (χ1v) is 11.0. The van der Waals surface area contributed by atoms with E-state index >= 15 is 0 Å². The molecule has 2 amide bonds. The summed E-state index contributed by atoms with van der Waals surface area (Å²) in [5.74, 6) is -0.511. The molecule has 2 aliphatic heterocycles. The second kappa shape index (κ2) is 8.54. The first-order valence-electron chi connectivity index (χ1n) is 11.0. The maximum atomic E-state index is 12.4. The maximum absolute atomic E-state index is 12.4. The molecule has 0 aliphatic carbocycles. The van der Waals surface area contributed by atoms with Gasteiger partial charge in [0, 0.05) is 49.7 Å². The molecule has 0 spiro atoms. The SMILES string of the molecule is CN1CC[C@@](O)(c2cc(-c3cccc(-c4ccc(NCC5COC5)c(C(N)=O)n4)c3)no2)C1=O. The number of nitrogens with zero attached hydrogens (tertiary/aromatic N) is 3. The van der Waals surface area contributed by atoms with Gasteiger partial charge in [-0.05, 0) is 18.2 Å². The number of likely N-dealkylation sites (N-methyl/N-ethyl adjacent to an activating group) is 1. The zero-order valence-electron chi connectivity index (χ0n) is 18.7. The first kappa shape index (κ1) is 22.1. The molecule has 3 aromatic rings. The van der Waals surface area contributed by atoms with Gasteiger partial charge in [0.1, 0.15) is 5.69 Å². The molecule has 2 aliphatic rings. The van der Waals surface area contributed by atoms with Crippen molar-refractivity contribution in [1.82, 2.24) is 15.0 Å². The lowest BCUT2D eigenvalue weighted by Gasteiger charge is -2.26. The highest BCUT2D eigenvalue weighted by Gasteiger charge is 2.48. The number of carbonyl (C=O) groups excluding carboxylic acids is 2. The Bertz CT molecular complexity index is 1250. The zero-order valence-corrected chi connectivity index (χ0v) is 18.7. The molecule has 0 unspecified atom stereocenters. The fourth-order valence-corrected chi connectivity index (χ4v) is 4.13. The van der Waals surface area contributed by atoms with E-state index in [1.54, 1.807) is 19.2 Å². The van der Waals surface area contributed by atoms with Crippen molar-refractivity contribution in [3.8, 4) is 22.5 Å². The van der Waals surface area contributed by atoms with Gasteiger partial charge in [-0.3, -0.25) is 9.59 Å². The molecule has 5 rings (SSSR count). The Morgan fingerprint density at radius 3 is 2.65 bits per heavy atom. The average Bonchev–Trinajstić information content (AvgIpc) is 3.41. The average molecular weight is 463 g/mol. The Labute approximate surface area is 195 Å². The molecule has 0 saturated carbocycles. The summed E-state index contributed by atoms with van der Waals surface area (Å²) in [6, 6.07) is 12.6. The van der Waals surface area contributed by atoms with Crippen molar-refractivity contribution in [2.45, 2.75) is 12.0 Å². The smallest absolute Gasteiger partial charge is 0.269 e. The van der Waals surface area contributed by atoms with Gasteiger partial charge in [-0.2, -0.15) is 0 Å². The van der Waals surface area contributed by atoms with Crippen molar-refractivity contribution in [1.29, 1.82) is 0 Å². The van der Waals surface area contributed by atoms with Crippen LogP contribution in [0.15, 0.2) is 47.0 Å². The molecule has 4 heterocycles. The summed E-state index contributed by atoms with van der Waals surface area (Å²) >= 11 is 0. The number of hydrogen-bond acceptors (Lipinski definition) is 8. The van der Waals surface area contributed by atoms with Crippen LogP contribution in [-0.4, -0.2) is 65.3 Å². The molecule has 2 aromatic heterocycles. The van der Waals surface area contributed by atoms with E-state index in [9.17, 15) is 14.7 Å². The van der Waals surface area contributed by atoms with Gasteiger partial charge in [0.05, 0.1) is 24.6 Å². The highest BCUT2D eigenvalue weighted by molar-refractivity contribution is 5.97. The van der Waals surface area contributed by atoms with Gasteiger partial charge in [0.15, 0.2) is 11.5 Å². The van der Waals surface area contributed by atoms with Crippen LogP contribution in [-0.2, 0) is 15.1 Å². The van der Waals surface area contributed by atoms with Gasteiger partial charge in [-0.25, -0.2) is 4.98 Å². The normalized spacial score (nSPS) is 20.4. The summed E-state index contributed by atoms with van der Waals surface area (Å²) in [6.45, 7) is 2.51. The Morgan fingerprint density at radius 2 is 2.00 bits per heavy atom. The largest absolute Gasteiger partial charge is 0.383 e. The number of benzene rings is 1. The fourth-order valence-electron chi connectivity index (χ4n) is 4.13. The van der Waals surface area contributed by atoms with Crippen molar-refractivity contribution in [3.05, 3.63) is 53.9 Å². The predicted molar refractivity (Wildman–Crippen MR) is 123 cm³/mol. The van der Waals surface area contributed by atoms with Crippen LogP contribution in [0.3, 0.4) is 0 Å². The van der Waals surface area contributed by atoms with Crippen molar-refractivity contribution >= 4 is 17.5 Å². The molecule has 1 atom stereocenters. The van der Waals surface area contributed by atoms with E-state index in [4.69, 9.17) is 15.0 Å². The number of likely N-dealkylation sites (tertiary alicyclic amines) is 1. The highest BCUT2D eigenvalue weighted by atomic mass is 16.5. The van der Waals surface area contributed by atoms with Crippen molar-refractivity contribution < 1.29 is 24.0 Å². The Kier molecular flexibility index (Phi) is 5.54. The van der Waals surface area contributed by atoms with Crippen LogP contribution >= 0.6 is 0 Å². The predicted octanol–water partition coefficient (Wildman–Crippen LogP) is 1.61. The topological polar surface area (TPSA) is 144 Å². The number of aliphatic hydroxyl groups is 1. The van der Waals surface area contributed by atoms with E-state index in [0.29, 0.717) is 54.9 Å². The lowest BCUT2D eigenvalue weighted by Crippen LogP contribution is -2.35. The first-order chi connectivity index (χ1) is 16.3. The third-order valence-corrected chi connectivity index (χ3v) is 6.30. The number of hydrogen-bond donors (Lipinski definition) is 3. The number of aromatic nitrogens is 2. The highest BCUT2D eigenvalue weighted by Crippen LogP contribution is 2.35. The molecule has 1 aromatic carbocycles. The standard InChI is InChI=1S/C24H25N5O5/c1-29-8-7-24(32,23(29)31)20-10-19(28-34-20)16-4-2-3-15(9-16)17-5-6-18(21(27-17)22(25)30)26-11-14-12-33-13-14/h2-6,9-10,14,26,32H,7-8,11-13H2,1H3,(H2,25,30)/t24-/m1/s1. The molecular weight excluding hydrogens is 438 g/mol. The number of rotatable bonds is 7. The summed E-state index contributed by atoms with van der Waals surface area (Å²) in [5, 5.41) is 18.1. The number of nitrogens with one attached hydrogen (secondary N) is 1. The van der Waals surface area contributed by atoms with E-state index < -0.39 is 17.4 Å². The monoisotopic (exact) mass is 463 g/mol. The molecule has 10 nitrogen and oxygen atoms in total. The number of ether oxygens (including phenoxy) is 1. The minimum absolute atomic E-state index is 0.115. The second-order valence-electron chi connectivity index (χ2n) is 8.74. The Morgan fingerprint density at radius 1 is 1.24 bits per heavy atom. The summed E-state index contributed by atoms with van der Waals surface area (Å²) in [7, 11) is 1.64. The maximum Gasteiger partial charge on any atom is 0.269 e. The van der Waals surface area contributed by atoms with Crippen LogP contribution in [0.25, 0.3) is 22.5 Å². The number of nitrogens with two attached hydrogens (primary N) is 1. The number of anilines is 1. The van der Waals surface area contributed by atoms with E-state index in [1.165, 1.54) is 4.90 Å². The molecular formula is C24H25N5O5. The minimum Gasteiger partial charge on any atom is -0.383 e. The summed E-state index contributed by atoms with van der Waals surface area (Å²) in [5.41, 5.74) is 7.14. The van der Waals surface area contributed by atoms with Gasteiger partial charge in [-0.1, -0.05) is 23.4 Å². The van der Waals surface area contributed by atoms with E-state index in [2.05, 4.69) is 15.5 Å². The van der Waals surface area contributed by atoms with Gasteiger partial charge in [-0.15, -0.1) is 0 Å². The van der Waals surface area contributed by atoms with Crippen LogP contribution in [0.1, 0.15) is 22.7 Å². The molecule has 10 heteroatoms. The van der Waals surface area contributed by atoms with E-state index in [0.717, 1.165) is 5.56 Å². The molecule has 2 saturated heterocycles. The van der Waals surface area contributed by atoms with Crippen molar-refractivity contribution in [2.24, 2.45) is 11.7 Å². The molecule has 0 bridgehead atoms. The van der Waals surface area contributed by atoms with Crippen LogP contribution in [0.5, 0.6) is 0 Å². The molecule has 4 N–H and O–H groups in total. The summed E-state index contributed by atoms with van der Waals surface area (Å²) in [4.78, 5) is 30.4. The molecule has 2 fully saturated rings. The second-order valence-corrected chi connectivity index (χ2v) is 8.74. The molecule has 176 valence electrons. The zero-order chi connectivity index (χ0) is 23.9. The number of amides is 2. The third-order valence-electron chi connectivity index (χ3n) is 6.30. The van der Waals surface area contributed by atoms with E-state index in [-0.39, 0.29) is 17.9 Å². The lowest BCUT2D eigenvalue weighted by molar-refractivity contribution is -0.144. The fraction of sp³-hybridized carbons (Fsp3) is 0.333. The Balaban J connectivity index is 1.41.